The summed E-state index contributed by atoms with van der Waals surface area (Å²) in [6.45, 7) is 4.94. The van der Waals surface area contributed by atoms with E-state index in [1.54, 1.807) is 0 Å². The zero-order valence-corrected chi connectivity index (χ0v) is 14.3. The third-order valence-electron chi connectivity index (χ3n) is 3.38. The Labute approximate surface area is 131 Å². The standard InChI is InChI=1S/C14H19BrINO/c1-2-17-14(10-4-3-7-18-9-10)12-8-11(16)5-6-13(12)15/h5-6,8,10,14,17H,2-4,7,9H2,1H3. The van der Waals surface area contributed by atoms with Gasteiger partial charge in [0.1, 0.15) is 0 Å². The summed E-state index contributed by atoms with van der Waals surface area (Å²) in [5, 5.41) is 3.62. The average Bonchev–Trinajstić information content (AvgIpc) is 2.40. The SMILES string of the molecule is CCNC(c1cc(I)ccc1Br)C1CCCOC1. The Morgan fingerprint density at radius 2 is 2.39 bits per heavy atom. The highest BCUT2D eigenvalue weighted by molar-refractivity contribution is 14.1. The molecule has 1 N–H and O–H groups in total. The summed E-state index contributed by atoms with van der Waals surface area (Å²) in [7, 11) is 0. The molecule has 0 amide bonds. The zero-order valence-electron chi connectivity index (χ0n) is 10.6. The van der Waals surface area contributed by atoms with Gasteiger partial charge >= 0.3 is 0 Å². The molecule has 1 aliphatic rings. The largest absolute Gasteiger partial charge is 0.381 e. The van der Waals surface area contributed by atoms with Crippen LogP contribution in [0.15, 0.2) is 22.7 Å². The van der Waals surface area contributed by atoms with Crippen LogP contribution in [0.1, 0.15) is 31.4 Å². The number of hydrogen-bond donors (Lipinski definition) is 1. The second-order valence-electron chi connectivity index (χ2n) is 4.68. The van der Waals surface area contributed by atoms with Crippen LogP contribution in [0.5, 0.6) is 0 Å². The van der Waals surface area contributed by atoms with Gasteiger partial charge in [-0.3, -0.25) is 0 Å². The van der Waals surface area contributed by atoms with Gasteiger partial charge in [0.2, 0.25) is 0 Å². The minimum Gasteiger partial charge on any atom is -0.381 e. The van der Waals surface area contributed by atoms with Crippen LogP contribution in [-0.4, -0.2) is 19.8 Å². The summed E-state index contributed by atoms with van der Waals surface area (Å²) in [6.07, 6.45) is 2.42. The van der Waals surface area contributed by atoms with Crippen molar-refractivity contribution in [2.45, 2.75) is 25.8 Å². The molecule has 4 heteroatoms. The predicted molar refractivity (Wildman–Crippen MR) is 86.8 cm³/mol. The van der Waals surface area contributed by atoms with E-state index in [1.165, 1.54) is 26.4 Å². The normalized spacial score (nSPS) is 21.8. The topological polar surface area (TPSA) is 21.3 Å². The van der Waals surface area contributed by atoms with Gasteiger partial charge in [0, 0.05) is 26.6 Å². The molecule has 2 atom stereocenters. The highest BCUT2D eigenvalue weighted by Crippen LogP contribution is 2.33. The van der Waals surface area contributed by atoms with Crippen LogP contribution in [0, 0.1) is 9.49 Å². The molecule has 0 aliphatic carbocycles. The summed E-state index contributed by atoms with van der Waals surface area (Å²) < 4.78 is 8.12. The Hall–Kier alpha value is 0.350. The Kier molecular flexibility index (Phi) is 5.92. The van der Waals surface area contributed by atoms with E-state index in [1.807, 2.05) is 0 Å². The molecule has 1 fully saturated rings. The number of halogens is 2. The monoisotopic (exact) mass is 423 g/mol. The maximum absolute atomic E-state index is 5.64. The van der Waals surface area contributed by atoms with Gasteiger partial charge in [0.25, 0.3) is 0 Å². The molecule has 0 radical (unpaired) electrons. The van der Waals surface area contributed by atoms with Gasteiger partial charge in [-0.25, -0.2) is 0 Å². The lowest BCUT2D eigenvalue weighted by atomic mass is 9.88. The lowest BCUT2D eigenvalue weighted by Crippen LogP contribution is -2.33. The molecule has 2 nitrogen and oxygen atoms in total. The number of rotatable bonds is 4. The number of ether oxygens (including phenoxy) is 1. The van der Waals surface area contributed by atoms with Crippen LogP contribution < -0.4 is 5.32 Å². The number of benzene rings is 1. The van der Waals surface area contributed by atoms with Crippen LogP contribution >= 0.6 is 38.5 Å². The summed E-state index contributed by atoms with van der Waals surface area (Å²) in [6, 6.07) is 6.94. The van der Waals surface area contributed by atoms with E-state index in [2.05, 4.69) is 69.0 Å². The van der Waals surface area contributed by atoms with E-state index in [0.29, 0.717) is 12.0 Å². The van der Waals surface area contributed by atoms with Crippen LogP contribution in [0.25, 0.3) is 0 Å². The molecule has 18 heavy (non-hydrogen) atoms. The molecule has 0 bridgehead atoms. The van der Waals surface area contributed by atoms with Crippen LogP contribution in [0.3, 0.4) is 0 Å². The molecule has 1 aromatic carbocycles. The summed E-state index contributed by atoms with van der Waals surface area (Å²) in [4.78, 5) is 0. The maximum Gasteiger partial charge on any atom is 0.0512 e. The lowest BCUT2D eigenvalue weighted by Gasteiger charge is -2.31. The van der Waals surface area contributed by atoms with Crippen molar-refractivity contribution < 1.29 is 4.74 Å². The van der Waals surface area contributed by atoms with Crippen LogP contribution in [0.4, 0.5) is 0 Å². The molecule has 1 aliphatic heterocycles. The van der Waals surface area contributed by atoms with E-state index in [4.69, 9.17) is 4.74 Å². The third-order valence-corrected chi connectivity index (χ3v) is 4.78. The minimum absolute atomic E-state index is 0.388. The fourth-order valence-electron chi connectivity index (χ4n) is 2.53. The third kappa shape index (κ3) is 3.68. The van der Waals surface area contributed by atoms with Gasteiger partial charge in [-0.2, -0.15) is 0 Å². The van der Waals surface area contributed by atoms with Gasteiger partial charge in [0.05, 0.1) is 6.61 Å². The first-order chi connectivity index (χ1) is 8.72. The van der Waals surface area contributed by atoms with Crippen molar-refractivity contribution in [2.24, 2.45) is 5.92 Å². The van der Waals surface area contributed by atoms with Gasteiger partial charge < -0.3 is 10.1 Å². The quantitative estimate of drug-likeness (QED) is 0.735. The first kappa shape index (κ1) is 14.8. The summed E-state index contributed by atoms with van der Waals surface area (Å²) in [5.74, 6) is 0.577. The van der Waals surface area contributed by atoms with E-state index in [-0.39, 0.29) is 0 Å². The highest BCUT2D eigenvalue weighted by Gasteiger charge is 2.26. The maximum atomic E-state index is 5.64. The van der Waals surface area contributed by atoms with Crippen molar-refractivity contribution in [1.82, 2.24) is 5.32 Å². The Balaban J connectivity index is 2.24. The average molecular weight is 424 g/mol. The van der Waals surface area contributed by atoms with E-state index in [0.717, 1.165) is 19.8 Å². The minimum atomic E-state index is 0.388. The first-order valence-electron chi connectivity index (χ1n) is 6.48. The van der Waals surface area contributed by atoms with Crippen molar-refractivity contribution in [3.8, 4) is 0 Å². The summed E-state index contributed by atoms with van der Waals surface area (Å²) >= 11 is 6.06. The fraction of sp³-hybridized carbons (Fsp3) is 0.571. The lowest BCUT2D eigenvalue weighted by molar-refractivity contribution is 0.0391. The van der Waals surface area contributed by atoms with Crippen molar-refractivity contribution in [3.63, 3.8) is 0 Å². The molecule has 1 aromatic rings. The number of nitrogens with one attached hydrogen (secondary N) is 1. The molecule has 2 rings (SSSR count). The Morgan fingerprint density at radius 3 is 3.06 bits per heavy atom. The van der Waals surface area contributed by atoms with E-state index in [9.17, 15) is 0 Å². The zero-order chi connectivity index (χ0) is 13.0. The molecule has 2 unspecified atom stereocenters. The first-order valence-corrected chi connectivity index (χ1v) is 8.35. The second kappa shape index (κ2) is 7.22. The number of hydrogen-bond acceptors (Lipinski definition) is 2. The van der Waals surface area contributed by atoms with E-state index >= 15 is 0 Å². The fourth-order valence-corrected chi connectivity index (χ4v) is 3.54. The molecule has 1 heterocycles. The van der Waals surface area contributed by atoms with Gasteiger partial charge in [-0.05, 0) is 65.7 Å². The molecular weight excluding hydrogens is 405 g/mol. The van der Waals surface area contributed by atoms with Crippen molar-refractivity contribution in [2.75, 3.05) is 19.8 Å². The van der Waals surface area contributed by atoms with Gasteiger partial charge in [0.15, 0.2) is 0 Å². The molecule has 1 saturated heterocycles. The molecule has 100 valence electrons. The Morgan fingerprint density at radius 1 is 1.56 bits per heavy atom. The van der Waals surface area contributed by atoms with Crippen molar-refractivity contribution >= 4 is 38.5 Å². The van der Waals surface area contributed by atoms with Gasteiger partial charge in [-0.1, -0.05) is 22.9 Å². The van der Waals surface area contributed by atoms with Crippen LogP contribution in [-0.2, 0) is 4.74 Å². The second-order valence-corrected chi connectivity index (χ2v) is 6.78. The smallest absolute Gasteiger partial charge is 0.0512 e. The predicted octanol–water partition coefficient (Wildman–Crippen LogP) is 4.13. The molecule has 0 aromatic heterocycles. The summed E-state index contributed by atoms with van der Waals surface area (Å²) in [5.41, 5.74) is 1.36. The van der Waals surface area contributed by atoms with Crippen LogP contribution in [0.2, 0.25) is 0 Å². The highest BCUT2D eigenvalue weighted by atomic mass is 127. The van der Waals surface area contributed by atoms with E-state index < -0.39 is 0 Å². The molecule has 0 saturated carbocycles. The van der Waals surface area contributed by atoms with Gasteiger partial charge in [-0.15, -0.1) is 0 Å². The Bertz CT molecular complexity index is 393. The van der Waals surface area contributed by atoms with Crippen molar-refractivity contribution in [1.29, 1.82) is 0 Å². The molecular formula is C14H19BrINO. The molecule has 0 spiro atoms. The van der Waals surface area contributed by atoms with Crippen molar-refractivity contribution in [3.05, 3.63) is 31.8 Å².